The lowest BCUT2D eigenvalue weighted by molar-refractivity contribution is -0.136. The van der Waals surface area contributed by atoms with Crippen LogP contribution in [0, 0.1) is 0 Å². The highest BCUT2D eigenvalue weighted by Crippen LogP contribution is 2.23. The van der Waals surface area contributed by atoms with E-state index >= 15 is 0 Å². The zero-order valence-corrected chi connectivity index (χ0v) is 13.4. The van der Waals surface area contributed by atoms with Gasteiger partial charge in [0.05, 0.1) is 13.2 Å². The van der Waals surface area contributed by atoms with Gasteiger partial charge in [-0.1, -0.05) is 11.6 Å². The van der Waals surface area contributed by atoms with E-state index in [1.165, 1.54) is 0 Å². The van der Waals surface area contributed by atoms with Crippen LogP contribution in [0.2, 0.25) is 5.02 Å². The van der Waals surface area contributed by atoms with Crippen LogP contribution >= 0.6 is 11.6 Å². The molecule has 1 aromatic heterocycles. The largest absolute Gasteiger partial charge is 0.451 e. The molecule has 7 heteroatoms. The second-order valence-electron chi connectivity index (χ2n) is 5.43. The number of benzene rings is 1. The Balaban J connectivity index is 1.68. The van der Waals surface area contributed by atoms with Gasteiger partial charge in [-0.05, 0) is 31.2 Å². The van der Waals surface area contributed by atoms with Gasteiger partial charge in [-0.3, -0.25) is 9.59 Å². The van der Waals surface area contributed by atoms with Crippen molar-refractivity contribution in [3.05, 3.63) is 35.0 Å². The molecule has 0 bridgehead atoms. The topological polar surface area (TPSA) is 71.8 Å². The molecule has 0 spiro atoms. The summed E-state index contributed by atoms with van der Waals surface area (Å²) in [6.07, 6.45) is 0. The van der Waals surface area contributed by atoms with Gasteiger partial charge in [-0.25, -0.2) is 0 Å². The molecule has 1 aromatic carbocycles. The molecule has 1 fully saturated rings. The summed E-state index contributed by atoms with van der Waals surface area (Å²) in [6, 6.07) is 6.11. The van der Waals surface area contributed by atoms with Crippen molar-refractivity contribution in [2.24, 2.45) is 0 Å². The zero-order valence-electron chi connectivity index (χ0n) is 12.7. The number of fused-ring (bicyclic) bond motifs is 1. The third-order valence-corrected chi connectivity index (χ3v) is 3.98. The number of carbonyl (C=O) groups is 2. The normalized spacial score (nSPS) is 16.3. The van der Waals surface area contributed by atoms with E-state index in [0.717, 1.165) is 5.39 Å². The van der Waals surface area contributed by atoms with Gasteiger partial charge in [0.2, 0.25) is 5.91 Å². The van der Waals surface area contributed by atoms with Crippen LogP contribution in [0.5, 0.6) is 0 Å². The summed E-state index contributed by atoms with van der Waals surface area (Å²) in [5, 5.41) is 3.99. The molecule has 0 aliphatic carbocycles. The Morgan fingerprint density at radius 1 is 1.26 bits per heavy atom. The number of halogens is 1. The molecule has 1 saturated heterocycles. The standard InChI is InChI=1S/C16H17ClN2O4/c1-10(16(21)19-4-6-22-7-5-19)18-15(20)14-9-11-8-12(17)2-3-13(11)23-14/h2-3,8-10H,4-7H2,1H3,(H,18,20)/t10-/m0/s1. The predicted molar refractivity (Wildman–Crippen MR) is 85.6 cm³/mol. The molecule has 0 unspecified atom stereocenters. The van der Waals surface area contributed by atoms with Crippen LogP contribution in [0.3, 0.4) is 0 Å². The fourth-order valence-electron chi connectivity index (χ4n) is 2.51. The Morgan fingerprint density at radius 3 is 2.74 bits per heavy atom. The van der Waals surface area contributed by atoms with Gasteiger partial charge in [0, 0.05) is 23.5 Å². The molecule has 3 rings (SSSR count). The van der Waals surface area contributed by atoms with Gasteiger partial charge in [-0.2, -0.15) is 0 Å². The van der Waals surface area contributed by atoms with Crippen molar-refractivity contribution in [2.75, 3.05) is 26.3 Å². The highest BCUT2D eigenvalue weighted by Gasteiger charge is 2.25. The number of rotatable bonds is 3. The fourth-order valence-corrected chi connectivity index (χ4v) is 2.69. The Labute approximate surface area is 138 Å². The number of nitrogens with one attached hydrogen (secondary N) is 1. The van der Waals surface area contributed by atoms with Crippen molar-refractivity contribution < 1.29 is 18.7 Å². The number of carbonyl (C=O) groups excluding carboxylic acids is 2. The number of nitrogens with zero attached hydrogens (tertiary/aromatic N) is 1. The van der Waals surface area contributed by atoms with Crippen LogP contribution in [-0.2, 0) is 9.53 Å². The smallest absolute Gasteiger partial charge is 0.287 e. The van der Waals surface area contributed by atoms with Gasteiger partial charge in [0.1, 0.15) is 11.6 Å². The quantitative estimate of drug-likeness (QED) is 0.931. The van der Waals surface area contributed by atoms with Crippen molar-refractivity contribution in [3.8, 4) is 0 Å². The molecule has 0 radical (unpaired) electrons. The maximum atomic E-state index is 12.3. The number of morpholine rings is 1. The number of ether oxygens (including phenoxy) is 1. The summed E-state index contributed by atoms with van der Waals surface area (Å²) >= 11 is 5.92. The average molecular weight is 337 g/mol. The van der Waals surface area contributed by atoms with Crippen molar-refractivity contribution in [1.29, 1.82) is 0 Å². The van der Waals surface area contributed by atoms with Gasteiger partial charge in [0.15, 0.2) is 5.76 Å². The van der Waals surface area contributed by atoms with Gasteiger partial charge >= 0.3 is 0 Å². The van der Waals surface area contributed by atoms with E-state index < -0.39 is 11.9 Å². The van der Waals surface area contributed by atoms with Crippen molar-refractivity contribution >= 4 is 34.4 Å². The molecule has 1 aliphatic rings. The van der Waals surface area contributed by atoms with Gasteiger partial charge in [-0.15, -0.1) is 0 Å². The monoisotopic (exact) mass is 336 g/mol. The second kappa shape index (κ2) is 6.60. The van der Waals surface area contributed by atoms with Crippen LogP contribution in [0.1, 0.15) is 17.5 Å². The van der Waals surface area contributed by atoms with E-state index in [1.54, 1.807) is 36.1 Å². The average Bonchev–Trinajstić information content (AvgIpc) is 2.98. The maximum absolute atomic E-state index is 12.3. The molecule has 6 nitrogen and oxygen atoms in total. The molecule has 23 heavy (non-hydrogen) atoms. The number of amides is 2. The van der Waals surface area contributed by atoms with Crippen molar-refractivity contribution in [1.82, 2.24) is 10.2 Å². The lowest BCUT2D eigenvalue weighted by atomic mass is 10.2. The third kappa shape index (κ3) is 3.48. The van der Waals surface area contributed by atoms with Gasteiger partial charge < -0.3 is 19.4 Å². The van der Waals surface area contributed by atoms with E-state index in [9.17, 15) is 9.59 Å². The first-order chi connectivity index (χ1) is 11.0. The summed E-state index contributed by atoms with van der Waals surface area (Å²) in [5.41, 5.74) is 0.576. The lowest BCUT2D eigenvalue weighted by Crippen LogP contribution is -2.50. The maximum Gasteiger partial charge on any atom is 0.287 e. The van der Waals surface area contributed by atoms with E-state index in [1.807, 2.05) is 0 Å². The lowest BCUT2D eigenvalue weighted by Gasteiger charge is -2.29. The highest BCUT2D eigenvalue weighted by molar-refractivity contribution is 6.31. The summed E-state index contributed by atoms with van der Waals surface area (Å²) in [5.74, 6) is -0.392. The minimum absolute atomic E-state index is 0.124. The first-order valence-electron chi connectivity index (χ1n) is 7.41. The van der Waals surface area contributed by atoms with E-state index in [-0.39, 0.29) is 11.7 Å². The SMILES string of the molecule is C[C@H](NC(=O)c1cc2cc(Cl)ccc2o1)C(=O)N1CCOCC1. The Morgan fingerprint density at radius 2 is 2.00 bits per heavy atom. The Bertz CT molecular complexity index is 737. The van der Waals surface area contributed by atoms with Crippen LogP contribution in [0.25, 0.3) is 11.0 Å². The molecule has 2 aromatic rings. The number of furan rings is 1. The second-order valence-corrected chi connectivity index (χ2v) is 5.86. The predicted octanol–water partition coefficient (Wildman–Crippen LogP) is 2.06. The van der Waals surface area contributed by atoms with E-state index in [2.05, 4.69) is 5.32 Å². The van der Waals surface area contributed by atoms with Crippen LogP contribution < -0.4 is 5.32 Å². The van der Waals surface area contributed by atoms with E-state index in [0.29, 0.717) is 36.9 Å². The van der Waals surface area contributed by atoms with Crippen LogP contribution in [0.4, 0.5) is 0 Å². The first-order valence-corrected chi connectivity index (χ1v) is 7.79. The summed E-state index contributed by atoms with van der Waals surface area (Å²) in [7, 11) is 0. The molecule has 1 aliphatic heterocycles. The van der Waals surface area contributed by atoms with Crippen LogP contribution in [-0.4, -0.2) is 49.1 Å². The summed E-state index contributed by atoms with van der Waals surface area (Å²) < 4.78 is 10.7. The first kappa shape index (κ1) is 15.8. The highest BCUT2D eigenvalue weighted by atomic mass is 35.5. The van der Waals surface area contributed by atoms with Gasteiger partial charge in [0.25, 0.3) is 5.91 Å². The summed E-state index contributed by atoms with van der Waals surface area (Å²) in [6.45, 7) is 3.80. The third-order valence-electron chi connectivity index (χ3n) is 3.74. The van der Waals surface area contributed by atoms with Crippen molar-refractivity contribution in [2.45, 2.75) is 13.0 Å². The molecular weight excluding hydrogens is 320 g/mol. The molecule has 1 atom stereocenters. The molecule has 2 heterocycles. The molecular formula is C16H17ClN2O4. The van der Waals surface area contributed by atoms with E-state index in [4.69, 9.17) is 20.8 Å². The van der Waals surface area contributed by atoms with Crippen molar-refractivity contribution in [3.63, 3.8) is 0 Å². The Hall–Kier alpha value is -2.05. The molecule has 122 valence electrons. The molecule has 0 saturated carbocycles. The minimum Gasteiger partial charge on any atom is -0.451 e. The molecule has 1 N–H and O–H groups in total. The fraction of sp³-hybridized carbons (Fsp3) is 0.375. The summed E-state index contributed by atoms with van der Waals surface area (Å²) in [4.78, 5) is 26.2. The van der Waals surface area contributed by atoms with Crippen LogP contribution in [0.15, 0.2) is 28.7 Å². The number of hydrogen-bond donors (Lipinski definition) is 1. The zero-order chi connectivity index (χ0) is 16.4. The minimum atomic E-state index is -0.627. The number of hydrogen-bond acceptors (Lipinski definition) is 4. The Kier molecular flexibility index (Phi) is 4.54. The molecule has 2 amide bonds.